The Balaban J connectivity index is 2.02. The minimum Gasteiger partial charge on any atom is -0.494 e. The summed E-state index contributed by atoms with van der Waals surface area (Å²) >= 11 is 6.05. The maximum Gasteiger partial charge on any atom is 0.264 e. The molecule has 0 spiro atoms. The fraction of sp³-hybridized carbons (Fsp3) is 0.355. The lowest BCUT2D eigenvalue weighted by Crippen LogP contribution is -2.52. The Morgan fingerprint density at radius 1 is 0.952 bits per heavy atom. The predicted molar refractivity (Wildman–Crippen MR) is 163 cm³/mol. The monoisotopic (exact) mass is 617 g/mol. The number of ether oxygens (including phenoxy) is 1. The Morgan fingerprint density at radius 2 is 1.60 bits per heavy atom. The largest absolute Gasteiger partial charge is 0.494 e. The average Bonchev–Trinajstić information content (AvgIpc) is 2.98. The van der Waals surface area contributed by atoms with Crippen molar-refractivity contribution in [3.8, 4) is 5.75 Å². The van der Waals surface area contributed by atoms with Crippen molar-refractivity contribution in [3.63, 3.8) is 0 Å². The molecule has 0 aromatic heterocycles. The van der Waals surface area contributed by atoms with Crippen LogP contribution in [-0.4, -0.2) is 50.9 Å². The Hall–Kier alpha value is -3.63. The summed E-state index contributed by atoms with van der Waals surface area (Å²) in [6, 6.07) is 16.7. The summed E-state index contributed by atoms with van der Waals surface area (Å²) in [6.07, 6.45) is 1.98. The third kappa shape index (κ3) is 8.69. The van der Waals surface area contributed by atoms with Crippen LogP contribution in [0.15, 0.2) is 77.7 Å². The second kappa shape index (κ2) is 15.6. The van der Waals surface area contributed by atoms with Crippen molar-refractivity contribution in [2.24, 2.45) is 0 Å². The number of amides is 2. The summed E-state index contributed by atoms with van der Waals surface area (Å²) < 4.78 is 48.0. The van der Waals surface area contributed by atoms with Crippen LogP contribution in [0.25, 0.3) is 0 Å². The SMILES string of the molecule is CCCCNC(=O)[C@H](CC)N(Cc1ccc(Cl)cc1)C(=O)CN(c1ccc(F)cc1)S(=O)(=O)c1ccc(OCC)cc1. The highest BCUT2D eigenvalue weighted by Gasteiger charge is 2.33. The summed E-state index contributed by atoms with van der Waals surface area (Å²) in [5, 5.41) is 3.41. The Kier molecular flexibility index (Phi) is 12.2. The molecule has 42 heavy (non-hydrogen) atoms. The molecule has 0 saturated carbocycles. The third-order valence-electron chi connectivity index (χ3n) is 6.60. The minimum absolute atomic E-state index is 0.0517. The molecule has 0 aliphatic heterocycles. The third-order valence-corrected chi connectivity index (χ3v) is 8.64. The van der Waals surface area contributed by atoms with Gasteiger partial charge in [-0.15, -0.1) is 0 Å². The summed E-state index contributed by atoms with van der Waals surface area (Å²) in [6.45, 7) is 5.92. The van der Waals surface area contributed by atoms with Gasteiger partial charge in [0.2, 0.25) is 11.8 Å². The lowest BCUT2D eigenvalue weighted by atomic mass is 10.1. The highest BCUT2D eigenvalue weighted by atomic mass is 35.5. The van der Waals surface area contributed by atoms with Gasteiger partial charge in [-0.05, 0) is 86.0 Å². The lowest BCUT2D eigenvalue weighted by Gasteiger charge is -2.33. The molecule has 0 fully saturated rings. The van der Waals surface area contributed by atoms with E-state index in [1.54, 1.807) is 31.2 Å². The standard InChI is InChI=1S/C31H37ClFN3O5S/c1-4-7-20-34-31(38)29(5-2)35(21-23-8-10-24(32)11-9-23)30(37)22-36(26-14-12-25(33)13-15-26)42(39,40)28-18-16-27(17-19-28)41-6-3/h8-19,29H,4-7,20-22H2,1-3H3,(H,34,38)/t29-/m0/s1. The van der Waals surface area contributed by atoms with Gasteiger partial charge in [0.15, 0.2) is 0 Å². The Morgan fingerprint density at radius 3 is 2.17 bits per heavy atom. The number of rotatable bonds is 15. The van der Waals surface area contributed by atoms with E-state index in [1.807, 2.05) is 13.8 Å². The zero-order chi connectivity index (χ0) is 30.7. The normalized spacial score (nSPS) is 11.9. The molecule has 0 bridgehead atoms. The van der Waals surface area contributed by atoms with Gasteiger partial charge in [-0.25, -0.2) is 12.8 Å². The molecule has 0 aliphatic rings. The maximum absolute atomic E-state index is 14.0. The van der Waals surface area contributed by atoms with E-state index in [9.17, 15) is 22.4 Å². The van der Waals surface area contributed by atoms with Crippen LogP contribution in [0.1, 0.15) is 45.6 Å². The maximum atomic E-state index is 14.0. The summed E-state index contributed by atoms with van der Waals surface area (Å²) in [5.41, 5.74) is 0.820. The van der Waals surface area contributed by atoms with E-state index < -0.39 is 34.3 Å². The zero-order valence-corrected chi connectivity index (χ0v) is 25.6. The lowest BCUT2D eigenvalue weighted by molar-refractivity contribution is -0.140. The van der Waals surface area contributed by atoms with Gasteiger partial charge >= 0.3 is 0 Å². The molecule has 0 heterocycles. The first kappa shape index (κ1) is 32.9. The molecular weight excluding hydrogens is 581 g/mol. The molecule has 0 radical (unpaired) electrons. The number of nitrogens with one attached hydrogen (secondary N) is 1. The predicted octanol–water partition coefficient (Wildman–Crippen LogP) is 5.80. The molecule has 8 nitrogen and oxygen atoms in total. The van der Waals surface area contributed by atoms with E-state index in [4.69, 9.17) is 16.3 Å². The first-order valence-electron chi connectivity index (χ1n) is 13.9. The topological polar surface area (TPSA) is 96.0 Å². The molecule has 0 unspecified atom stereocenters. The van der Waals surface area contributed by atoms with E-state index in [2.05, 4.69) is 5.32 Å². The van der Waals surface area contributed by atoms with Gasteiger partial charge in [-0.2, -0.15) is 0 Å². The highest BCUT2D eigenvalue weighted by Crippen LogP contribution is 2.26. The van der Waals surface area contributed by atoms with E-state index in [0.717, 1.165) is 34.8 Å². The molecule has 1 N–H and O–H groups in total. The molecule has 0 saturated heterocycles. The molecule has 0 aliphatic carbocycles. The minimum atomic E-state index is -4.29. The molecule has 2 amide bonds. The van der Waals surface area contributed by atoms with Crippen LogP contribution in [-0.2, 0) is 26.2 Å². The van der Waals surface area contributed by atoms with Crippen molar-refractivity contribution in [1.82, 2.24) is 10.2 Å². The van der Waals surface area contributed by atoms with Gasteiger partial charge in [-0.3, -0.25) is 13.9 Å². The van der Waals surface area contributed by atoms with Crippen LogP contribution in [0.5, 0.6) is 5.75 Å². The van der Waals surface area contributed by atoms with Gasteiger partial charge in [0, 0.05) is 18.1 Å². The summed E-state index contributed by atoms with van der Waals surface area (Å²) in [5.74, 6) is -0.977. The molecule has 226 valence electrons. The van der Waals surface area contributed by atoms with Crippen LogP contribution < -0.4 is 14.4 Å². The molecule has 3 rings (SSSR count). The first-order valence-corrected chi connectivity index (χ1v) is 15.7. The second-order valence-corrected chi connectivity index (χ2v) is 11.9. The van der Waals surface area contributed by atoms with Gasteiger partial charge < -0.3 is 15.0 Å². The number of carbonyl (C=O) groups excluding carboxylic acids is 2. The molecular formula is C31H37ClFN3O5S. The zero-order valence-electron chi connectivity index (χ0n) is 24.1. The number of nitrogens with zero attached hydrogens (tertiary/aromatic N) is 2. The first-order chi connectivity index (χ1) is 20.1. The highest BCUT2D eigenvalue weighted by molar-refractivity contribution is 7.92. The number of benzene rings is 3. The van der Waals surface area contributed by atoms with Gasteiger partial charge in [0.1, 0.15) is 24.2 Å². The number of anilines is 1. The van der Waals surface area contributed by atoms with Gasteiger partial charge in [0.05, 0.1) is 17.2 Å². The average molecular weight is 618 g/mol. The molecule has 3 aromatic carbocycles. The summed E-state index contributed by atoms with van der Waals surface area (Å²) in [7, 11) is -4.29. The Labute approximate surface area is 252 Å². The Bertz CT molecular complexity index is 1420. The van der Waals surface area contributed by atoms with Crippen molar-refractivity contribution in [1.29, 1.82) is 0 Å². The van der Waals surface area contributed by atoms with Crippen LogP contribution in [0, 0.1) is 5.82 Å². The van der Waals surface area contributed by atoms with E-state index >= 15 is 0 Å². The van der Waals surface area contributed by atoms with Crippen molar-refractivity contribution in [3.05, 3.63) is 89.2 Å². The van der Waals surface area contributed by atoms with Crippen LogP contribution in [0.2, 0.25) is 5.02 Å². The number of hydrogen-bond acceptors (Lipinski definition) is 5. The number of halogens is 2. The molecule has 3 aromatic rings. The van der Waals surface area contributed by atoms with Crippen LogP contribution in [0.3, 0.4) is 0 Å². The number of hydrogen-bond donors (Lipinski definition) is 1. The number of sulfonamides is 1. The van der Waals surface area contributed by atoms with E-state index in [0.29, 0.717) is 30.3 Å². The van der Waals surface area contributed by atoms with E-state index in [-0.39, 0.29) is 23.0 Å². The molecule has 11 heteroatoms. The van der Waals surface area contributed by atoms with Crippen molar-refractivity contribution < 1.29 is 27.1 Å². The fourth-order valence-electron chi connectivity index (χ4n) is 4.35. The number of carbonyl (C=O) groups is 2. The van der Waals surface area contributed by atoms with Crippen LogP contribution >= 0.6 is 11.6 Å². The second-order valence-electron chi connectivity index (χ2n) is 9.61. The van der Waals surface area contributed by atoms with Crippen LogP contribution in [0.4, 0.5) is 10.1 Å². The van der Waals surface area contributed by atoms with Crippen molar-refractivity contribution in [2.45, 2.75) is 57.5 Å². The van der Waals surface area contributed by atoms with Crippen molar-refractivity contribution in [2.75, 3.05) is 24.0 Å². The van der Waals surface area contributed by atoms with Gasteiger partial charge in [0.25, 0.3) is 10.0 Å². The van der Waals surface area contributed by atoms with Gasteiger partial charge in [-0.1, -0.05) is 44.0 Å². The molecule has 1 atom stereocenters. The van der Waals surface area contributed by atoms with E-state index in [1.165, 1.54) is 41.3 Å². The summed E-state index contributed by atoms with van der Waals surface area (Å²) in [4.78, 5) is 28.6. The number of unbranched alkanes of at least 4 members (excludes halogenated alkanes) is 1. The van der Waals surface area contributed by atoms with Crippen molar-refractivity contribution >= 4 is 39.1 Å². The fourth-order valence-corrected chi connectivity index (χ4v) is 5.89. The quantitative estimate of drug-likeness (QED) is 0.218. The smallest absolute Gasteiger partial charge is 0.264 e.